The first-order valence-electron chi connectivity index (χ1n) is 6.93. The molecule has 0 aliphatic heterocycles. The van der Waals surface area contributed by atoms with Crippen LogP contribution in [0, 0.1) is 11.6 Å². The Bertz CT molecular complexity index is 485. The van der Waals surface area contributed by atoms with E-state index < -0.39 is 17.2 Å². The third-order valence-electron chi connectivity index (χ3n) is 2.90. The molecule has 3 nitrogen and oxygen atoms in total. The van der Waals surface area contributed by atoms with Gasteiger partial charge in [0.1, 0.15) is 17.2 Å². The number of nitrogens with one attached hydrogen (secondary N) is 1. The summed E-state index contributed by atoms with van der Waals surface area (Å²) in [5.41, 5.74) is -0.935. The zero-order valence-corrected chi connectivity index (χ0v) is 13.4. The molecule has 1 aromatic rings. The molecule has 1 N–H and O–H groups in total. The minimum Gasteiger partial charge on any atom is -0.465 e. The molecule has 0 bridgehead atoms. The van der Waals surface area contributed by atoms with Crippen molar-refractivity contribution in [2.24, 2.45) is 0 Å². The summed E-state index contributed by atoms with van der Waals surface area (Å²) < 4.78 is 31.8. The second-order valence-electron chi connectivity index (χ2n) is 4.84. The first-order valence-corrected chi connectivity index (χ1v) is 7.91. The molecule has 0 aliphatic carbocycles. The summed E-state index contributed by atoms with van der Waals surface area (Å²) in [6.07, 6.45) is 0.855. The number of ether oxygens (including phenoxy) is 1. The van der Waals surface area contributed by atoms with Gasteiger partial charge in [-0.1, -0.05) is 6.92 Å². The molecule has 0 aromatic heterocycles. The van der Waals surface area contributed by atoms with Gasteiger partial charge in [0.05, 0.1) is 6.61 Å². The topological polar surface area (TPSA) is 38.3 Å². The molecule has 1 aromatic carbocycles. The standard InChI is InChI=1S/C15H21F2NO2S/c1-4-8-18-15(3,14(19)20-5-2)10-21-13-9-11(16)6-7-12(13)17/h6-7,9,18H,4-5,8,10H2,1-3H3. The van der Waals surface area contributed by atoms with E-state index in [1.807, 2.05) is 6.92 Å². The van der Waals surface area contributed by atoms with Crippen LogP contribution in [0.2, 0.25) is 0 Å². The molecule has 0 spiro atoms. The van der Waals surface area contributed by atoms with Crippen molar-refractivity contribution < 1.29 is 18.3 Å². The van der Waals surface area contributed by atoms with Gasteiger partial charge in [-0.25, -0.2) is 8.78 Å². The minimum absolute atomic E-state index is 0.184. The van der Waals surface area contributed by atoms with Crippen molar-refractivity contribution in [3.05, 3.63) is 29.8 Å². The summed E-state index contributed by atoms with van der Waals surface area (Å²) >= 11 is 1.09. The van der Waals surface area contributed by atoms with Crippen molar-refractivity contribution >= 4 is 17.7 Å². The molecule has 0 fully saturated rings. The molecule has 0 saturated heterocycles. The third kappa shape index (κ3) is 5.28. The quantitative estimate of drug-likeness (QED) is 0.589. The van der Waals surface area contributed by atoms with E-state index in [0.29, 0.717) is 6.54 Å². The number of halogens is 2. The van der Waals surface area contributed by atoms with E-state index in [4.69, 9.17) is 4.74 Å². The van der Waals surface area contributed by atoms with Gasteiger partial charge in [0.15, 0.2) is 0 Å². The van der Waals surface area contributed by atoms with Crippen LogP contribution in [0.5, 0.6) is 0 Å². The van der Waals surface area contributed by atoms with Crippen LogP contribution in [0.15, 0.2) is 23.1 Å². The van der Waals surface area contributed by atoms with Crippen LogP contribution in [-0.4, -0.2) is 30.4 Å². The third-order valence-corrected chi connectivity index (χ3v) is 4.25. The summed E-state index contributed by atoms with van der Waals surface area (Å²) in [7, 11) is 0. The highest BCUT2D eigenvalue weighted by Gasteiger charge is 2.34. The number of thioether (sulfide) groups is 1. The minimum atomic E-state index is -0.935. The van der Waals surface area contributed by atoms with Crippen molar-refractivity contribution in [2.45, 2.75) is 37.6 Å². The number of hydrogen-bond donors (Lipinski definition) is 1. The van der Waals surface area contributed by atoms with E-state index in [9.17, 15) is 13.6 Å². The summed E-state index contributed by atoms with van der Waals surface area (Å²) in [5, 5.41) is 3.12. The van der Waals surface area contributed by atoms with Crippen molar-refractivity contribution in [1.29, 1.82) is 0 Å². The van der Waals surface area contributed by atoms with Crippen LogP contribution in [-0.2, 0) is 9.53 Å². The van der Waals surface area contributed by atoms with E-state index in [0.717, 1.165) is 36.4 Å². The highest BCUT2D eigenvalue weighted by molar-refractivity contribution is 7.99. The van der Waals surface area contributed by atoms with Gasteiger partial charge in [-0.3, -0.25) is 4.79 Å². The van der Waals surface area contributed by atoms with Crippen LogP contribution in [0.4, 0.5) is 8.78 Å². The maximum atomic E-state index is 13.6. The van der Waals surface area contributed by atoms with E-state index in [1.165, 1.54) is 0 Å². The molecule has 1 unspecified atom stereocenters. The van der Waals surface area contributed by atoms with Crippen LogP contribution < -0.4 is 5.32 Å². The first-order chi connectivity index (χ1) is 9.92. The Kier molecular flexibility index (Phi) is 7.11. The maximum Gasteiger partial charge on any atom is 0.326 e. The van der Waals surface area contributed by atoms with Gasteiger partial charge in [0.2, 0.25) is 0 Å². The Balaban J connectivity index is 2.81. The zero-order chi connectivity index (χ0) is 15.9. The SMILES string of the molecule is CCCNC(C)(CSc1cc(F)ccc1F)C(=O)OCC. The van der Waals surface area contributed by atoms with Crippen molar-refractivity contribution in [2.75, 3.05) is 18.9 Å². The van der Waals surface area contributed by atoms with Gasteiger partial charge >= 0.3 is 5.97 Å². The lowest BCUT2D eigenvalue weighted by molar-refractivity contribution is -0.149. The molecule has 1 atom stereocenters. The molecule has 0 aliphatic rings. The molecule has 0 amide bonds. The molecule has 118 valence electrons. The molecule has 6 heteroatoms. The molecule has 0 radical (unpaired) electrons. The highest BCUT2D eigenvalue weighted by Crippen LogP contribution is 2.26. The van der Waals surface area contributed by atoms with Crippen LogP contribution in [0.25, 0.3) is 0 Å². The largest absolute Gasteiger partial charge is 0.465 e. The molecular weight excluding hydrogens is 296 g/mol. The zero-order valence-electron chi connectivity index (χ0n) is 12.5. The fourth-order valence-corrected chi connectivity index (χ4v) is 2.75. The lowest BCUT2D eigenvalue weighted by atomic mass is 10.1. The summed E-state index contributed by atoms with van der Waals surface area (Å²) in [5.74, 6) is -1.13. The summed E-state index contributed by atoms with van der Waals surface area (Å²) in [6, 6.07) is 3.28. The second-order valence-corrected chi connectivity index (χ2v) is 5.86. The van der Waals surface area contributed by atoms with Crippen molar-refractivity contribution in [3.63, 3.8) is 0 Å². The molecule has 0 saturated carbocycles. The average molecular weight is 317 g/mol. The number of hydrogen-bond acceptors (Lipinski definition) is 4. The predicted octanol–water partition coefficient (Wildman–Crippen LogP) is 3.38. The fraction of sp³-hybridized carbons (Fsp3) is 0.533. The number of rotatable bonds is 8. The smallest absolute Gasteiger partial charge is 0.326 e. The number of esters is 1. The maximum absolute atomic E-state index is 13.6. The van der Waals surface area contributed by atoms with Crippen LogP contribution in [0.3, 0.4) is 0 Å². The van der Waals surface area contributed by atoms with Gasteiger partial charge in [0.25, 0.3) is 0 Å². The van der Waals surface area contributed by atoms with Gasteiger partial charge in [0, 0.05) is 10.6 Å². The predicted molar refractivity (Wildman–Crippen MR) is 80.4 cm³/mol. The van der Waals surface area contributed by atoms with Gasteiger partial charge in [-0.15, -0.1) is 11.8 Å². The monoisotopic (exact) mass is 317 g/mol. The Hall–Kier alpha value is -1.14. The lowest BCUT2D eigenvalue weighted by Crippen LogP contribution is -2.52. The van der Waals surface area contributed by atoms with Crippen LogP contribution >= 0.6 is 11.8 Å². The van der Waals surface area contributed by atoms with E-state index in [-0.39, 0.29) is 23.2 Å². The van der Waals surface area contributed by atoms with Gasteiger partial charge < -0.3 is 10.1 Å². The van der Waals surface area contributed by atoms with Crippen molar-refractivity contribution in [1.82, 2.24) is 5.32 Å². The van der Waals surface area contributed by atoms with Crippen molar-refractivity contribution in [3.8, 4) is 0 Å². The summed E-state index contributed by atoms with van der Waals surface area (Å²) in [6.45, 7) is 6.35. The van der Waals surface area contributed by atoms with E-state index in [1.54, 1.807) is 13.8 Å². The first kappa shape index (κ1) is 17.9. The molecule has 21 heavy (non-hydrogen) atoms. The normalized spacial score (nSPS) is 13.8. The Morgan fingerprint density at radius 3 is 2.71 bits per heavy atom. The Labute approximate surface area is 128 Å². The van der Waals surface area contributed by atoms with Crippen LogP contribution in [0.1, 0.15) is 27.2 Å². The summed E-state index contributed by atoms with van der Waals surface area (Å²) in [4.78, 5) is 12.3. The van der Waals surface area contributed by atoms with Gasteiger partial charge in [-0.2, -0.15) is 0 Å². The molecular formula is C15H21F2NO2S. The number of benzene rings is 1. The Morgan fingerprint density at radius 1 is 1.38 bits per heavy atom. The Morgan fingerprint density at radius 2 is 2.10 bits per heavy atom. The van der Waals surface area contributed by atoms with E-state index in [2.05, 4.69) is 5.32 Å². The number of carbonyl (C=O) groups is 1. The fourth-order valence-electron chi connectivity index (χ4n) is 1.68. The molecule has 0 heterocycles. The second kappa shape index (κ2) is 8.34. The molecule has 1 rings (SSSR count). The average Bonchev–Trinajstić information content (AvgIpc) is 2.46. The number of carbonyl (C=O) groups excluding carboxylic acids is 1. The lowest BCUT2D eigenvalue weighted by Gasteiger charge is -2.28. The van der Waals surface area contributed by atoms with E-state index >= 15 is 0 Å². The highest BCUT2D eigenvalue weighted by atomic mass is 32.2. The van der Waals surface area contributed by atoms with Gasteiger partial charge in [-0.05, 0) is 45.0 Å².